The number of pyridine rings is 1. The maximum atomic E-state index is 11.7. The number of rotatable bonds is 3. The molecule has 2 heterocycles. The Balaban J connectivity index is 2.10. The van der Waals surface area contributed by atoms with Gasteiger partial charge in [-0.05, 0) is 13.0 Å². The van der Waals surface area contributed by atoms with E-state index in [4.69, 9.17) is 5.73 Å². The Morgan fingerprint density at radius 2 is 2.33 bits per heavy atom. The zero-order valence-electron chi connectivity index (χ0n) is 9.80. The topological polar surface area (TPSA) is 106 Å². The number of H-pyrrole nitrogens is 1. The summed E-state index contributed by atoms with van der Waals surface area (Å²) in [4.78, 5) is 23.2. The number of aromatic nitrogens is 3. The van der Waals surface area contributed by atoms with E-state index in [1.807, 2.05) is 6.92 Å². The standard InChI is InChI=1S/C11H13N5O2/c1-7-4-13-15-11(7)14-9(17)6-16-5-8(12)2-3-10(16)18/h2-5H,6,12H2,1H3,(H2,13,14,15,17). The monoisotopic (exact) mass is 247 g/mol. The first-order valence-electron chi connectivity index (χ1n) is 5.32. The van der Waals surface area contributed by atoms with Gasteiger partial charge in [0.2, 0.25) is 5.91 Å². The second-order valence-electron chi connectivity index (χ2n) is 3.90. The summed E-state index contributed by atoms with van der Waals surface area (Å²) in [7, 11) is 0. The maximum Gasteiger partial charge on any atom is 0.251 e. The van der Waals surface area contributed by atoms with Gasteiger partial charge in [0, 0.05) is 23.5 Å². The third-order valence-electron chi connectivity index (χ3n) is 2.41. The first-order chi connectivity index (χ1) is 8.56. The molecule has 7 heteroatoms. The largest absolute Gasteiger partial charge is 0.398 e. The number of nitrogens with two attached hydrogens (primary N) is 1. The molecule has 2 aromatic rings. The van der Waals surface area contributed by atoms with Crippen LogP contribution in [-0.2, 0) is 11.3 Å². The van der Waals surface area contributed by atoms with Crippen molar-refractivity contribution in [3.63, 3.8) is 0 Å². The lowest BCUT2D eigenvalue weighted by atomic mass is 10.3. The van der Waals surface area contributed by atoms with Crippen molar-refractivity contribution in [1.29, 1.82) is 0 Å². The molecule has 0 bridgehead atoms. The molecular formula is C11H13N5O2. The van der Waals surface area contributed by atoms with Gasteiger partial charge in [-0.3, -0.25) is 14.7 Å². The van der Waals surface area contributed by atoms with Gasteiger partial charge in [-0.25, -0.2) is 0 Å². The summed E-state index contributed by atoms with van der Waals surface area (Å²) in [6.45, 7) is 1.72. The molecule has 94 valence electrons. The molecule has 0 aliphatic heterocycles. The average Bonchev–Trinajstić information content (AvgIpc) is 2.70. The molecule has 0 aromatic carbocycles. The zero-order chi connectivity index (χ0) is 13.1. The second kappa shape index (κ2) is 4.74. The lowest BCUT2D eigenvalue weighted by Gasteiger charge is -2.07. The van der Waals surface area contributed by atoms with E-state index in [9.17, 15) is 9.59 Å². The summed E-state index contributed by atoms with van der Waals surface area (Å²) < 4.78 is 1.25. The van der Waals surface area contributed by atoms with E-state index in [0.717, 1.165) is 5.56 Å². The second-order valence-corrected chi connectivity index (χ2v) is 3.90. The van der Waals surface area contributed by atoms with Crippen LogP contribution in [0.15, 0.2) is 29.3 Å². The Bertz CT molecular complexity index is 628. The van der Waals surface area contributed by atoms with Crippen LogP contribution in [0.25, 0.3) is 0 Å². The fraction of sp³-hybridized carbons (Fsp3) is 0.182. The molecule has 0 saturated heterocycles. The highest BCUT2D eigenvalue weighted by atomic mass is 16.2. The quantitative estimate of drug-likeness (QED) is 0.715. The molecule has 2 aromatic heterocycles. The molecule has 0 aliphatic rings. The maximum absolute atomic E-state index is 11.7. The highest BCUT2D eigenvalue weighted by molar-refractivity contribution is 5.90. The number of nitrogens with one attached hydrogen (secondary N) is 2. The average molecular weight is 247 g/mol. The Labute approximate surface area is 103 Å². The molecule has 2 rings (SSSR count). The van der Waals surface area contributed by atoms with Crippen molar-refractivity contribution in [3.05, 3.63) is 40.4 Å². The third kappa shape index (κ3) is 2.57. The van der Waals surface area contributed by atoms with E-state index >= 15 is 0 Å². The molecule has 0 unspecified atom stereocenters. The predicted octanol–water partition coefficient (Wildman–Crippen LogP) is 0.101. The van der Waals surface area contributed by atoms with E-state index in [0.29, 0.717) is 11.5 Å². The first-order valence-corrected chi connectivity index (χ1v) is 5.32. The van der Waals surface area contributed by atoms with E-state index in [1.165, 1.54) is 22.9 Å². The van der Waals surface area contributed by atoms with Gasteiger partial charge in [-0.2, -0.15) is 5.10 Å². The predicted molar refractivity (Wildman–Crippen MR) is 67.1 cm³/mol. The van der Waals surface area contributed by atoms with Crippen molar-refractivity contribution < 1.29 is 4.79 Å². The Kier molecular flexibility index (Phi) is 3.13. The van der Waals surface area contributed by atoms with Gasteiger partial charge in [-0.1, -0.05) is 0 Å². The fourth-order valence-electron chi connectivity index (χ4n) is 1.48. The number of hydrogen-bond acceptors (Lipinski definition) is 4. The summed E-state index contributed by atoms with van der Waals surface area (Å²) in [5.74, 6) is 0.201. The lowest BCUT2D eigenvalue weighted by Crippen LogP contribution is -2.27. The number of nitrogen functional groups attached to an aromatic ring is 1. The van der Waals surface area contributed by atoms with Gasteiger partial charge in [0.05, 0.1) is 6.20 Å². The minimum Gasteiger partial charge on any atom is -0.398 e. The zero-order valence-corrected chi connectivity index (χ0v) is 9.80. The molecule has 1 amide bonds. The van der Waals surface area contributed by atoms with Crippen LogP contribution in [-0.4, -0.2) is 20.7 Å². The highest BCUT2D eigenvalue weighted by Gasteiger charge is 2.07. The first kappa shape index (κ1) is 11.9. The molecule has 0 aliphatic carbocycles. The van der Waals surface area contributed by atoms with Crippen LogP contribution in [0.3, 0.4) is 0 Å². The smallest absolute Gasteiger partial charge is 0.251 e. The van der Waals surface area contributed by atoms with Crippen LogP contribution in [0.1, 0.15) is 5.56 Å². The van der Waals surface area contributed by atoms with Crippen molar-refractivity contribution >= 4 is 17.4 Å². The molecule has 0 fully saturated rings. The molecule has 0 saturated carbocycles. The van der Waals surface area contributed by atoms with Crippen molar-refractivity contribution in [2.75, 3.05) is 11.1 Å². The molecular weight excluding hydrogens is 234 g/mol. The number of carbonyl (C=O) groups is 1. The summed E-state index contributed by atoms with van der Waals surface area (Å²) in [5, 5.41) is 9.07. The number of anilines is 2. The van der Waals surface area contributed by atoms with E-state index in [1.54, 1.807) is 6.20 Å². The minimum atomic E-state index is -0.324. The lowest BCUT2D eigenvalue weighted by molar-refractivity contribution is -0.116. The Morgan fingerprint density at radius 3 is 3.00 bits per heavy atom. The van der Waals surface area contributed by atoms with Crippen LogP contribution in [0.4, 0.5) is 11.5 Å². The van der Waals surface area contributed by atoms with Gasteiger partial charge in [-0.15, -0.1) is 0 Å². The molecule has 0 atom stereocenters. The summed E-state index contributed by atoms with van der Waals surface area (Å²) in [5.41, 5.74) is 6.53. The number of aromatic amines is 1. The minimum absolute atomic E-state index is 0.0949. The fourth-order valence-corrected chi connectivity index (χ4v) is 1.48. The van der Waals surface area contributed by atoms with E-state index in [-0.39, 0.29) is 18.0 Å². The molecule has 0 spiro atoms. The van der Waals surface area contributed by atoms with Gasteiger partial charge in [0.1, 0.15) is 12.4 Å². The van der Waals surface area contributed by atoms with Crippen molar-refractivity contribution in [1.82, 2.24) is 14.8 Å². The van der Waals surface area contributed by atoms with Gasteiger partial charge >= 0.3 is 0 Å². The Hall–Kier alpha value is -2.57. The van der Waals surface area contributed by atoms with Crippen molar-refractivity contribution in [3.8, 4) is 0 Å². The van der Waals surface area contributed by atoms with Crippen LogP contribution in [0, 0.1) is 6.92 Å². The normalized spacial score (nSPS) is 10.3. The van der Waals surface area contributed by atoms with Gasteiger partial charge < -0.3 is 15.6 Å². The van der Waals surface area contributed by atoms with Crippen LogP contribution in [0.2, 0.25) is 0 Å². The summed E-state index contributed by atoms with van der Waals surface area (Å²) in [6.07, 6.45) is 3.03. The number of aryl methyl sites for hydroxylation is 1. The number of amides is 1. The summed E-state index contributed by atoms with van der Waals surface area (Å²) in [6, 6.07) is 2.82. The van der Waals surface area contributed by atoms with Crippen LogP contribution < -0.4 is 16.6 Å². The number of carbonyl (C=O) groups excluding carboxylic acids is 1. The van der Waals surface area contributed by atoms with Gasteiger partial charge in [0.25, 0.3) is 5.56 Å². The molecule has 4 N–H and O–H groups in total. The molecule has 0 radical (unpaired) electrons. The molecule has 7 nitrogen and oxygen atoms in total. The number of nitrogens with zero attached hydrogens (tertiary/aromatic N) is 2. The van der Waals surface area contributed by atoms with E-state index in [2.05, 4.69) is 15.5 Å². The van der Waals surface area contributed by atoms with Crippen molar-refractivity contribution in [2.45, 2.75) is 13.5 Å². The summed E-state index contributed by atoms with van der Waals surface area (Å²) >= 11 is 0. The highest BCUT2D eigenvalue weighted by Crippen LogP contribution is 2.08. The SMILES string of the molecule is Cc1cn[nH]c1NC(=O)Cn1cc(N)ccc1=O. The van der Waals surface area contributed by atoms with Crippen molar-refractivity contribution in [2.24, 2.45) is 0 Å². The molecule has 18 heavy (non-hydrogen) atoms. The Morgan fingerprint density at radius 1 is 1.56 bits per heavy atom. The third-order valence-corrected chi connectivity index (χ3v) is 2.41. The van der Waals surface area contributed by atoms with E-state index < -0.39 is 0 Å². The van der Waals surface area contributed by atoms with Crippen LogP contribution in [0.5, 0.6) is 0 Å². The number of hydrogen-bond donors (Lipinski definition) is 3. The van der Waals surface area contributed by atoms with Gasteiger partial charge in [0.15, 0.2) is 0 Å². The van der Waals surface area contributed by atoms with Crippen LogP contribution >= 0.6 is 0 Å².